The van der Waals surface area contributed by atoms with Crippen molar-refractivity contribution in [3.63, 3.8) is 0 Å². The quantitative estimate of drug-likeness (QED) is 0.0378. The fourth-order valence-electron chi connectivity index (χ4n) is 8.18. The van der Waals surface area contributed by atoms with Gasteiger partial charge in [-0.15, -0.1) is 0 Å². The van der Waals surface area contributed by atoms with Crippen molar-refractivity contribution >= 4 is 23.5 Å². The van der Waals surface area contributed by atoms with Crippen molar-refractivity contribution in [1.82, 2.24) is 45.3 Å². The highest BCUT2D eigenvalue weighted by molar-refractivity contribution is 5.75. The first-order valence-corrected chi connectivity index (χ1v) is 21.2. The second-order valence-electron chi connectivity index (χ2n) is 15.5. The third-order valence-corrected chi connectivity index (χ3v) is 11.3. The molecule has 5 N–H and O–H groups in total. The van der Waals surface area contributed by atoms with E-state index in [1.165, 1.54) is 77.0 Å². The van der Waals surface area contributed by atoms with Crippen LogP contribution in [0.2, 0.25) is 0 Å². The zero-order valence-electron chi connectivity index (χ0n) is 33.8. The molecule has 4 heterocycles. The van der Waals surface area contributed by atoms with Crippen LogP contribution in [0.25, 0.3) is 0 Å². The second kappa shape index (κ2) is 23.4. The number of amides is 1. The van der Waals surface area contributed by atoms with E-state index in [4.69, 9.17) is 14.3 Å². The minimum Gasteiger partial charge on any atom is -0.481 e. The number of rotatable bonds is 22. The largest absolute Gasteiger partial charge is 0.481 e. The number of nitrogens with one attached hydrogen (secondary N) is 3. The van der Waals surface area contributed by atoms with Crippen LogP contribution in [0, 0.1) is 11.8 Å². The molecule has 0 bridgehead atoms. The molecule has 1 amide bonds. The lowest BCUT2D eigenvalue weighted by atomic mass is 9.84. The van der Waals surface area contributed by atoms with Crippen molar-refractivity contribution in [2.45, 2.75) is 167 Å². The summed E-state index contributed by atoms with van der Waals surface area (Å²) >= 11 is 0. The van der Waals surface area contributed by atoms with Gasteiger partial charge in [-0.25, -0.2) is 5.48 Å². The van der Waals surface area contributed by atoms with E-state index in [-0.39, 0.29) is 24.7 Å². The van der Waals surface area contributed by atoms with Gasteiger partial charge < -0.3 is 24.8 Å². The van der Waals surface area contributed by atoms with Gasteiger partial charge >= 0.3 is 5.97 Å². The van der Waals surface area contributed by atoms with E-state index in [0.717, 1.165) is 62.2 Å². The fraction of sp³-hybridized carbons (Fsp3) is 0.700. The maximum atomic E-state index is 11.7. The molecule has 17 nitrogen and oxygen atoms in total. The Labute approximate surface area is 335 Å². The number of carbonyl (C=O) groups is 2. The Morgan fingerprint density at radius 2 is 1.19 bits per heavy atom. The number of carbonyl (C=O) groups excluding carboxylic acids is 1. The number of carboxylic acids is 1. The Morgan fingerprint density at radius 3 is 1.61 bits per heavy atom. The molecule has 6 rings (SSSR count). The standard InChI is InChI=1S/C20H32N6O3.C20H31N5O3/c1-2-26-18(11-12-22-26)21-14-17-23-20(29-25-17)16(13-19(27)24-28)10-6-9-15-7-4-3-5-8-15;1-2-25-18(11-12-22-25)21-14-17-23-20(28-24-17)16(13-19(26)27)10-6-9-15-7-4-3-5-8-15/h11-12,15-16,21,28H,2-10,13-14H2,1H3,(H,24,27);11-12,15-16,21H,2-10,13-14H2,1H3,(H,26,27)/t2*16-/m11/s1. The van der Waals surface area contributed by atoms with Crippen molar-refractivity contribution in [2.24, 2.45) is 11.8 Å². The van der Waals surface area contributed by atoms with E-state index < -0.39 is 11.9 Å². The molecule has 2 atom stereocenters. The zero-order chi connectivity index (χ0) is 40.2. The molecule has 2 saturated carbocycles. The van der Waals surface area contributed by atoms with Crippen LogP contribution < -0.4 is 16.1 Å². The van der Waals surface area contributed by atoms with Crippen molar-refractivity contribution in [3.05, 3.63) is 48.0 Å². The molecule has 0 aliphatic heterocycles. The van der Waals surface area contributed by atoms with Crippen LogP contribution in [0.1, 0.15) is 165 Å². The molecule has 314 valence electrons. The number of nitrogens with zero attached hydrogens (tertiary/aromatic N) is 8. The average Bonchev–Trinajstić information content (AvgIpc) is 4.07. The van der Waals surface area contributed by atoms with Gasteiger partial charge in [-0.1, -0.05) is 100 Å². The molecule has 2 aliphatic carbocycles. The van der Waals surface area contributed by atoms with Crippen molar-refractivity contribution in [2.75, 3.05) is 10.6 Å². The molecule has 2 aliphatic rings. The van der Waals surface area contributed by atoms with Crippen LogP contribution in [0.15, 0.2) is 33.6 Å². The van der Waals surface area contributed by atoms with E-state index in [9.17, 15) is 14.7 Å². The second-order valence-corrected chi connectivity index (χ2v) is 15.5. The van der Waals surface area contributed by atoms with Crippen LogP contribution in [0.5, 0.6) is 0 Å². The smallest absolute Gasteiger partial charge is 0.304 e. The summed E-state index contributed by atoms with van der Waals surface area (Å²) in [5.74, 6) is 3.66. The third-order valence-electron chi connectivity index (χ3n) is 11.3. The number of aliphatic carboxylic acids is 1. The first kappa shape index (κ1) is 43.3. The van der Waals surface area contributed by atoms with Gasteiger partial charge in [0.1, 0.15) is 11.6 Å². The normalized spacial score (nSPS) is 16.1. The monoisotopic (exact) mass is 793 g/mol. The summed E-state index contributed by atoms with van der Waals surface area (Å²) in [4.78, 5) is 32.0. The van der Waals surface area contributed by atoms with Crippen LogP contribution in [-0.4, -0.2) is 62.0 Å². The molecule has 2 fully saturated rings. The number of carboxylic acid groups (broad SMARTS) is 1. The van der Waals surface area contributed by atoms with Gasteiger partial charge in [-0.3, -0.25) is 24.2 Å². The number of aromatic nitrogens is 8. The minimum atomic E-state index is -0.826. The minimum absolute atomic E-state index is 0.0301. The van der Waals surface area contributed by atoms with Crippen molar-refractivity contribution < 1.29 is 28.9 Å². The van der Waals surface area contributed by atoms with Gasteiger partial charge in [0.2, 0.25) is 17.7 Å². The lowest BCUT2D eigenvalue weighted by Gasteiger charge is -2.22. The number of aryl methyl sites for hydroxylation is 2. The Hall–Kier alpha value is -4.80. The van der Waals surface area contributed by atoms with Gasteiger partial charge in [0.15, 0.2) is 11.6 Å². The average molecular weight is 794 g/mol. The highest BCUT2D eigenvalue weighted by atomic mass is 16.5. The molecule has 0 unspecified atom stereocenters. The first-order valence-electron chi connectivity index (χ1n) is 21.2. The van der Waals surface area contributed by atoms with E-state index >= 15 is 0 Å². The molecule has 0 aromatic carbocycles. The molecule has 17 heteroatoms. The molecule has 0 saturated heterocycles. The fourth-order valence-corrected chi connectivity index (χ4v) is 8.18. The van der Waals surface area contributed by atoms with Gasteiger partial charge in [0.25, 0.3) is 0 Å². The van der Waals surface area contributed by atoms with Gasteiger partial charge in [-0.2, -0.15) is 20.2 Å². The summed E-state index contributed by atoms with van der Waals surface area (Å²) in [6.07, 6.45) is 22.9. The molecule has 0 radical (unpaired) electrons. The van der Waals surface area contributed by atoms with E-state index in [1.54, 1.807) is 17.9 Å². The summed E-state index contributed by atoms with van der Waals surface area (Å²) in [6, 6.07) is 3.78. The number of anilines is 2. The van der Waals surface area contributed by atoms with Crippen molar-refractivity contribution in [1.29, 1.82) is 0 Å². The van der Waals surface area contributed by atoms with Crippen LogP contribution >= 0.6 is 0 Å². The highest BCUT2D eigenvalue weighted by Gasteiger charge is 2.25. The maximum absolute atomic E-state index is 11.7. The van der Waals surface area contributed by atoms with Gasteiger partial charge in [0.05, 0.1) is 31.9 Å². The Morgan fingerprint density at radius 1 is 0.737 bits per heavy atom. The Balaban J connectivity index is 0.000000218. The highest BCUT2D eigenvalue weighted by Crippen LogP contribution is 2.32. The molecular weight excluding hydrogens is 731 g/mol. The lowest BCUT2D eigenvalue weighted by molar-refractivity contribution is -0.137. The summed E-state index contributed by atoms with van der Waals surface area (Å²) in [5, 5.41) is 41.2. The molecule has 4 aromatic heterocycles. The summed E-state index contributed by atoms with van der Waals surface area (Å²) in [7, 11) is 0. The zero-order valence-corrected chi connectivity index (χ0v) is 33.8. The predicted molar refractivity (Wildman–Crippen MR) is 212 cm³/mol. The number of hydrogen-bond donors (Lipinski definition) is 5. The first-order chi connectivity index (χ1) is 27.8. The Kier molecular flexibility index (Phi) is 17.8. The summed E-state index contributed by atoms with van der Waals surface area (Å²) < 4.78 is 14.6. The number of hydroxylamine groups is 1. The van der Waals surface area contributed by atoms with Crippen LogP contribution in [-0.2, 0) is 35.8 Å². The molecule has 4 aromatic rings. The predicted octanol–water partition coefficient (Wildman–Crippen LogP) is 7.83. The van der Waals surface area contributed by atoms with Crippen LogP contribution in [0.3, 0.4) is 0 Å². The summed E-state index contributed by atoms with van der Waals surface area (Å²) in [5.41, 5.74) is 1.72. The topological polar surface area (TPSA) is 224 Å². The maximum Gasteiger partial charge on any atom is 0.304 e. The molecule has 0 spiro atoms. The lowest BCUT2D eigenvalue weighted by Crippen LogP contribution is -2.21. The van der Waals surface area contributed by atoms with Crippen molar-refractivity contribution in [3.8, 4) is 0 Å². The van der Waals surface area contributed by atoms with Crippen LogP contribution in [0.4, 0.5) is 11.6 Å². The van der Waals surface area contributed by atoms with Gasteiger partial charge in [0, 0.05) is 43.5 Å². The van der Waals surface area contributed by atoms with E-state index in [0.29, 0.717) is 36.5 Å². The van der Waals surface area contributed by atoms with E-state index in [1.807, 2.05) is 35.3 Å². The Bertz CT molecular complexity index is 1740. The summed E-state index contributed by atoms with van der Waals surface area (Å²) in [6.45, 7) is 6.41. The third kappa shape index (κ3) is 14.3. The SMILES string of the molecule is CCn1nccc1NCc1noc([C@H](CCCC2CCCCC2)CC(=O)NO)n1.CCn1nccc1NCc1noc([C@H](CCCC2CCCCC2)CC(=O)O)n1. The molecule has 57 heavy (non-hydrogen) atoms. The molecular formula is C40H63N11O6. The van der Waals surface area contributed by atoms with Gasteiger partial charge in [-0.05, 0) is 38.5 Å². The number of hydrogen-bond acceptors (Lipinski definition) is 13. The van der Waals surface area contributed by atoms with E-state index in [2.05, 4.69) is 41.1 Å².